The standard InChI is InChI=1S/C30H50O2/c1-19-20(31)9-10-21-27(19,5)12-11-22-28(21,6)18-24(32)30(8)23-17-25(2,3)13-14-26(23,4)15-16-29(22,30)7/h19-23,31H,9-18H2,1-8H3/t19-,20+,21+,22-,23+,26+,27+,28-,29+,30+/m0/s1. The van der Waals surface area contributed by atoms with Gasteiger partial charge in [0.2, 0.25) is 0 Å². The number of ketones is 1. The molecule has 0 amide bonds. The summed E-state index contributed by atoms with van der Waals surface area (Å²) in [7, 11) is 0. The van der Waals surface area contributed by atoms with E-state index in [9.17, 15) is 9.90 Å². The van der Waals surface area contributed by atoms with E-state index < -0.39 is 0 Å². The van der Waals surface area contributed by atoms with E-state index in [0.717, 1.165) is 19.3 Å². The van der Waals surface area contributed by atoms with Gasteiger partial charge in [0.15, 0.2) is 0 Å². The third-order valence-electron chi connectivity index (χ3n) is 13.7. The number of hydrogen-bond donors (Lipinski definition) is 1. The van der Waals surface area contributed by atoms with Crippen molar-refractivity contribution in [3.05, 3.63) is 0 Å². The van der Waals surface area contributed by atoms with Crippen LogP contribution in [0.4, 0.5) is 0 Å². The molecule has 5 aliphatic carbocycles. The molecule has 0 heterocycles. The van der Waals surface area contributed by atoms with Crippen molar-refractivity contribution in [2.24, 2.45) is 56.2 Å². The summed E-state index contributed by atoms with van der Waals surface area (Å²) in [5, 5.41) is 10.7. The van der Waals surface area contributed by atoms with Crippen molar-refractivity contribution in [1.82, 2.24) is 0 Å². The smallest absolute Gasteiger partial charge is 0.140 e. The highest BCUT2D eigenvalue weighted by Gasteiger charge is 2.73. The van der Waals surface area contributed by atoms with Crippen LogP contribution < -0.4 is 0 Å². The Hall–Kier alpha value is -0.370. The van der Waals surface area contributed by atoms with Crippen molar-refractivity contribution < 1.29 is 9.90 Å². The lowest BCUT2D eigenvalue weighted by Gasteiger charge is -2.74. The molecule has 0 aromatic rings. The largest absolute Gasteiger partial charge is 0.393 e. The number of aliphatic hydroxyl groups is 1. The van der Waals surface area contributed by atoms with Crippen LogP contribution in [0, 0.1) is 56.2 Å². The third kappa shape index (κ3) is 2.66. The summed E-state index contributed by atoms with van der Waals surface area (Å²) in [6.45, 7) is 19.6. The summed E-state index contributed by atoms with van der Waals surface area (Å²) in [5.41, 5.74) is 0.866. The second-order valence-corrected chi connectivity index (χ2v) is 15.4. The number of rotatable bonds is 0. The van der Waals surface area contributed by atoms with Crippen LogP contribution in [-0.4, -0.2) is 17.0 Å². The first-order chi connectivity index (χ1) is 14.6. The van der Waals surface area contributed by atoms with E-state index in [1.807, 2.05) is 0 Å². The van der Waals surface area contributed by atoms with Gasteiger partial charge in [-0.1, -0.05) is 55.4 Å². The maximum atomic E-state index is 14.5. The molecule has 5 rings (SSSR count). The summed E-state index contributed by atoms with van der Waals surface area (Å²) < 4.78 is 0. The van der Waals surface area contributed by atoms with E-state index in [2.05, 4.69) is 55.4 Å². The Balaban J connectivity index is 1.59. The van der Waals surface area contributed by atoms with Crippen LogP contribution in [0.5, 0.6) is 0 Å². The molecule has 2 nitrogen and oxygen atoms in total. The molecule has 0 spiro atoms. The lowest BCUT2D eigenvalue weighted by Crippen LogP contribution is -2.70. The number of carbonyl (C=O) groups is 1. The predicted octanol–water partition coefficient (Wildman–Crippen LogP) is 7.43. The molecule has 5 aliphatic rings. The summed E-state index contributed by atoms with van der Waals surface area (Å²) in [4.78, 5) is 14.5. The zero-order valence-corrected chi connectivity index (χ0v) is 22.3. The third-order valence-corrected chi connectivity index (χ3v) is 13.7. The number of hydrogen-bond acceptors (Lipinski definition) is 2. The fourth-order valence-electron chi connectivity index (χ4n) is 11.2. The van der Waals surface area contributed by atoms with E-state index in [4.69, 9.17) is 0 Å². The Morgan fingerprint density at radius 3 is 2.09 bits per heavy atom. The first-order valence-corrected chi connectivity index (χ1v) is 13.9. The maximum absolute atomic E-state index is 14.5. The van der Waals surface area contributed by atoms with Gasteiger partial charge in [-0.2, -0.15) is 0 Å². The molecule has 0 aliphatic heterocycles. The second kappa shape index (κ2) is 6.64. The molecular formula is C30H50O2. The molecule has 182 valence electrons. The molecule has 0 radical (unpaired) electrons. The fraction of sp³-hybridized carbons (Fsp3) is 0.967. The molecule has 2 heteroatoms. The van der Waals surface area contributed by atoms with E-state index in [0.29, 0.717) is 40.3 Å². The van der Waals surface area contributed by atoms with Gasteiger partial charge in [0.25, 0.3) is 0 Å². The predicted molar refractivity (Wildman–Crippen MR) is 131 cm³/mol. The molecule has 32 heavy (non-hydrogen) atoms. The molecule has 5 saturated carbocycles. The van der Waals surface area contributed by atoms with Crippen LogP contribution in [0.15, 0.2) is 0 Å². The lowest BCUT2D eigenvalue weighted by molar-refractivity contribution is -0.248. The molecule has 5 fully saturated rings. The van der Waals surface area contributed by atoms with Gasteiger partial charge in [-0.15, -0.1) is 0 Å². The summed E-state index contributed by atoms with van der Waals surface area (Å²) in [5.74, 6) is 2.65. The quantitative estimate of drug-likeness (QED) is 0.423. The maximum Gasteiger partial charge on any atom is 0.140 e. The first kappa shape index (κ1) is 23.4. The molecule has 1 N–H and O–H groups in total. The minimum Gasteiger partial charge on any atom is -0.393 e. The van der Waals surface area contributed by atoms with Gasteiger partial charge in [-0.25, -0.2) is 0 Å². The van der Waals surface area contributed by atoms with Crippen molar-refractivity contribution in [2.75, 3.05) is 0 Å². The Morgan fingerprint density at radius 2 is 1.41 bits per heavy atom. The van der Waals surface area contributed by atoms with Crippen LogP contribution in [0.3, 0.4) is 0 Å². The summed E-state index contributed by atoms with van der Waals surface area (Å²) >= 11 is 0. The zero-order valence-electron chi connectivity index (χ0n) is 22.3. The Morgan fingerprint density at radius 1 is 0.750 bits per heavy atom. The molecule has 0 saturated heterocycles. The zero-order chi connectivity index (χ0) is 23.5. The van der Waals surface area contributed by atoms with Gasteiger partial charge in [-0.3, -0.25) is 4.79 Å². The molecule has 0 bridgehead atoms. The van der Waals surface area contributed by atoms with Crippen LogP contribution in [0.1, 0.15) is 120 Å². The highest BCUT2D eigenvalue weighted by atomic mass is 16.3. The van der Waals surface area contributed by atoms with Gasteiger partial charge >= 0.3 is 0 Å². The van der Waals surface area contributed by atoms with Crippen molar-refractivity contribution in [3.8, 4) is 0 Å². The van der Waals surface area contributed by atoms with Crippen molar-refractivity contribution in [1.29, 1.82) is 0 Å². The minimum absolute atomic E-state index is 0.0880. The number of aliphatic hydroxyl groups excluding tert-OH is 1. The Kier molecular flexibility index (Phi) is 4.85. The normalized spacial score (nSPS) is 59.4. The van der Waals surface area contributed by atoms with E-state index in [-0.39, 0.29) is 27.8 Å². The highest BCUT2D eigenvalue weighted by Crippen LogP contribution is 2.77. The van der Waals surface area contributed by atoms with E-state index >= 15 is 0 Å². The summed E-state index contributed by atoms with van der Waals surface area (Å²) in [6.07, 6.45) is 11.4. The Labute approximate surface area is 197 Å². The van der Waals surface area contributed by atoms with Gasteiger partial charge in [0.1, 0.15) is 5.78 Å². The average Bonchev–Trinajstić information content (AvgIpc) is 2.70. The van der Waals surface area contributed by atoms with Crippen LogP contribution in [0.25, 0.3) is 0 Å². The fourth-order valence-corrected chi connectivity index (χ4v) is 11.2. The molecule has 0 unspecified atom stereocenters. The van der Waals surface area contributed by atoms with Gasteiger partial charge < -0.3 is 5.11 Å². The second-order valence-electron chi connectivity index (χ2n) is 15.4. The molecular weight excluding hydrogens is 392 g/mol. The summed E-state index contributed by atoms with van der Waals surface area (Å²) in [6, 6.07) is 0. The van der Waals surface area contributed by atoms with Crippen molar-refractivity contribution in [3.63, 3.8) is 0 Å². The topological polar surface area (TPSA) is 37.3 Å². The van der Waals surface area contributed by atoms with E-state index in [1.165, 1.54) is 44.9 Å². The Bertz CT molecular complexity index is 816. The van der Waals surface area contributed by atoms with Gasteiger partial charge in [0, 0.05) is 11.8 Å². The monoisotopic (exact) mass is 442 g/mol. The van der Waals surface area contributed by atoms with Crippen LogP contribution >= 0.6 is 0 Å². The molecule has 0 aromatic carbocycles. The van der Waals surface area contributed by atoms with E-state index in [1.54, 1.807) is 0 Å². The van der Waals surface area contributed by atoms with Gasteiger partial charge in [0.05, 0.1) is 6.10 Å². The molecule has 10 atom stereocenters. The van der Waals surface area contributed by atoms with Crippen molar-refractivity contribution >= 4 is 5.78 Å². The van der Waals surface area contributed by atoms with Crippen LogP contribution in [-0.2, 0) is 4.79 Å². The van der Waals surface area contributed by atoms with Gasteiger partial charge in [-0.05, 0) is 109 Å². The average molecular weight is 443 g/mol. The first-order valence-electron chi connectivity index (χ1n) is 13.9. The number of Topliss-reactive ketones (excluding diaryl/α,β-unsaturated/α-hetero) is 1. The van der Waals surface area contributed by atoms with Crippen LogP contribution in [0.2, 0.25) is 0 Å². The van der Waals surface area contributed by atoms with Crippen molar-refractivity contribution in [2.45, 2.75) is 126 Å². The molecule has 0 aromatic heterocycles. The lowest BCUT2D eigenvalue weighted by atomic mass is 9.30. The highest BCUT2D eigenvalue weighted by molar-refractivity contribution is 5.88. The number of carbonyl (C=O) groups excluding carboxylic acids is 1. The minimum atomic E-state index is -0.185. The number of fused-ring (bicyclic) bond motifs is 7. The SMILES string of the molecule is C[C@H]1[C@H](O)CC[C@@H]2[C@]1(C)CC[C@H]1[C@@]2(C)CC(=O)[C@@]2(C)[C@@H]3CC(C)(C)CC[C@]3(C)CC[C@]12C.